The van der Waals surface area contributed by atoms with Crippen molar-refractivity contribution in [1.29, 1.82) is 0 Å². The Morgan fingerprint density at radius 1 is 1.10 bits per heavy atom. The molecule has 0 aromatic heterocycles. The molecule has 102 valence electrons. The van der Waals surface area contributed by atoms with Crippen LogP contribution in [0.1, 0.15) is 15.9 Å². The van der Waals surface area contributed by atoms with Crippen LogP contribution in [0.25, 0.3) is 6.08 Å². The minimum Gasteiger partial charge on any atom is -0.289 e. The Balaban J connectivity index is 2.15. The molecule has 2 aromatic rings. The molecule has 4 heteroatoms. The van der Waals surface area contributed by atoms with Crippen LogP contribution in [0.15, 0.2) is 53.4 Å². The van der Waals surface area contributed by atoms with E-state index in [4.69, 9.17) is 23.2 Å². The van der Waals surface area contributed by atoms with Gasteiger partial charge in [-0.05, 0) is 60.4 Å². The topological polar surface area (TPSA) is 17.1 Å². The van der Waals surface area contributed by atoms with E-state index in [2.05, 4.69) is 0 Å². The number of hydrogen-bond donors (Lipinski definition) is 0. The fourth-order valence-electron chi connectivity index (χ4n) is 1.65. The predicted octanol–water partition coefficient (Wildman–Crippen LogP) is 5.61. The maximum Gasteiger partial charge on any atom is 0.185 e. The minimum absolute atomic E-state index is 0.0522. The van der Waals surface area contributed by atoms with Gasteiger partial charge in [-0.2, -0.15) is 0 Å². The highest BCUT2D eigenvalue weighted by Gasteiger charge is 2.03. The fraction of sp³-hybridized carbons (Fsp3) is 0.0625. The summed E-state index contributed by atoms with van der Waals surface area (Å²) >= 11 is 13.5. The van der Waals surface area contributed by atoms with Crippen LogP contribution >= 0.6 is 35.0 Å². The summed E-state index contributed by atoms with van der Waals surface area (Å²) in [4.78, 5) is 13.2. The van der Waals surface area contributed by atoms with Crippen molar-refractivity contribution >= 4 is 46.8 Å². The van der Waals surface area contributed by atoms with Crippen LogP contribution in [0.4, 0.5) is 0 Å². The van der Waals surface area contributed by atoms with Crippen molar-refractivity contribution in [3.8, 4) is 0 Å². The van der Waals surface area contributed by atoms with E-state index >= 15 is 0 Å². The Labute approximate surface area is 132 Å². The average Bonchev–Trinajstić information content (AvgIpc) is 2.46. The molecule has 0 atom stereocenters. The van der Waals surface area contributed by atoms with Crippen molar-refractivity contribution in [3.05, 3.63) is 69.7 Å². The molecule has 0 amide bonds. The number of carbonyl (C=O) groups is 1. The highest BCUT2D eigenvalue weighted by atomic mass is 35.5. The van der Waals surface area contributed by atoms with E-state index in [-0.39, 0.29) is 5.78 Å². The molecule has 0 saturated heterocycles. The highest BCUT2D eigenvalue weighted by Crippen LogP contribution is 2.22. The first-order chi connectivity index (χ1) is 9.60. The third kappa shape index (κ3) is 3.89. The van der Waals surface area contributed by atoms with E-state index in [1.807, 2.05) is 30.5 Å². The number of hydrogen-bond acceptors (Lipinski definition) is 2. The fourth-order valence-corrected chi connectivity index (χ4v) is 2.53. The first-order valence-corrected chi connectivity index (χ1v) is 7.90. The molecule has 0 saturated carbocycles. The lowest BCUT2D eigenvalue weighted by atomic mass is 10.1. The molecule has 1 nitrogen and oxygen atoms in total. The highest BCUT2D eigenvalue weighted by molar-refractivity contribution is 7.98. The van der Waals surface area contributed by atoms with Gasteiger partial charge < -0.3 is 0 Å². The molecule has 0 radical (unpaired) electrons. The average molecular weight is 323 g/mol. The second kappa shape index (κ2) is 6.98. The molecule has 0 spiro atoms. The number of ketones is 1. The molecule has 0 bridgehead atoms. The maximum absolute atomic E-state index is 12.0. The Morgan fingerprint density at radius 3 is 2.40 bits per heavy atom. The van der Waals surface area contributed by atoms with Crippen LogP contribution in [-0.2, 0) is 0 Å². The molecular weight excluding hydrogens is 311 g/mol. The quantitative estimate of drug-likeness (QED) is 0.413. The van der Waals surface area contributed by atoms with E-state index in [0.29, 0.717) is 15.6 Å². The van der Waals surface area contributed by atoms with Crippen molar-refractivity contribution in [1.82, 2.24) is 0 Å². The predicted molar refractivity (Wildman–Crippen MR) is 88.0 cm³/mol. The third-order valence-corrected chi connectivity index (χ3v) is 4.06. The van der Waals surface area contributed by atoms with E-state index in [0.717, 1.165) is 10.5 Å². The van der Waals surface area contributed by atoms with Crippen LogP contribution in [0, 0.1) is 0 Å². The Bertz CT molecular complexity index is 648. The number of benzene rings is 2. The van der Waals surface area contributed by atoms with Crippen LogP contribution in [0.3, 0.4) is 0 Å². The second-order valence-electron chi connectivity index (χ2n) is 4.09. The summed E-state index contributed by atoms with van der Waals surface area (Å²) in [6, 6.07) is 12.7. The first-order valence-electron chi connectivity index (χ1n) is 5.91. The zero-order valence-electron chi connectivity index (χ0n) is 10.8. The third-order valence-electron chi connectivity index (χ3n) is 2.75. The van der Waals surface area contributed by atoms with E-state index < -0.39 is 0 Å². The van der Waals surface area contributed by atoms with Gasteiger partial charge in [0, 0.05) is 20.5 Å². The van der Waals surface area contributed by atoms with Gasteiger partial charge in [0.25, 0.3) is 0 Å². The second-order valence-corrected chi connectivity index (χ2v) is 5.82. The van der Waals surface area contributed by atoms with Crippen molar-refractivity contribution in [2.75, 3.05) is 6.26 Å². The maximum atomic E-state index is 12.0. The van der Waals surface area contributed by atoms with Gasteiger partial charge in [0.05, 0.1) is 0 Å². The molecule has 2 rings (SSSR count). The SMILES string of the molecule is CSc1ccc(C(=O)C=Cc2ccc(Cl)cc2Cl)cc1. The lowest BCUT2D eigenvalue weighted by molar-refractivity contribution is 0.104. The summed E-state index contributed by atoms with van der Waals surface area (Å²) in [5.74, 6) is -0.0522. The smallest absolute Gasteiger partial charge is 0.185 e. The Hall–Kier alpha value is -1.22. The van der Waals surface area contributed by atoms with Gasteiger partial charge in [0.15, 0.2) is 5.78 Å². The molecule has 0 unspecified atom stereocenters. The van der Waals surface area contributed by atoms with Gasteiger partial charge in [0.1, 0.15) is 0 Å². The largest absolute Gasteiger partial charge is 0.289 e. The molecule has 0 aliphatic heterocycles. The van der Waals surface area contributed by atoms with Gasteiger partial charge in [-0.3, -0.25) is 4.79 Å². The summed E-state index contributed by atoms with van der Waals surface area (Å²) in [6.07, 6.45) is 5.21. The standard InChI is InChI=1S/C16H12Cl2OS/c1-20-14-7-3-12(4-8-14)16(19)9-5-11-2-6-13(17)10-15(11)18/h2-10H,1H3. The number of halogens is 2. The molecule has 0 heterocycles. The Kier molecular flexibility index (Phi) is 5.30. The number of carbonyl (C=O) groups excluding carboxylic acids is 1. The number of thioether (sulfide) groups is 1. The van der Waals surface area contributed by atoms with E-state index in [1.165, 1.54) is 6.08 Å². The summed E-state index contributed by atoms with van der Waals surface area (Å²) in [7, 11) is 0. The first kappa shape index (κ1) is 15.2. The summed E-state index contributed by atoms with van der Waals surface area (Å²) < 4.78 is 0. The van der Waals surface area contributed by atoms with Crippen molar-refractivity contribution in [3.63, 3.8) is 0 Å². The molecule has 0 aliphatic rings. The molecule has 0 N–H and O–H groups in total. The lowest BCUT2D eigenvalue weighted by Gasteiger charge is -2.00. The lowest BCUT2D eigenvalue weighted by Crippen LogP contribution is -1.93. The minimum atomic E-state index is -0.0522. The molecular formula is C16H12Cl2OS. The monoisotopic (exact) mass is 322 g/mol. The van der Waals surface area contributed by atoms with E-state index in [9.17, 15) is 4.79 Å². The van der Waals surface area contributed by atoms with Gasteiger partial charge in [-0.1, -0.05) is 29.3 Å². The molecule has 2 aromatic carbocycles. The van der Waals surface area contributed by atoms with Crippen LogP contribution in [-0.4, -0.2) is 12.0 Å². The number of allylic oxidation sites excluding steroid dienone is 1. The zero-order chi connectivity index (χ0) is 14.5. The number of rotatable bonds is 4. The van der Waals surface area contributed by atoms with Crippen molar-refractivity contribution in [2.45, 2.75) is 4.90 Å². The molecule has 0 fully saturated rings. The van der Waals surface area contributed by atoms with Crippen molar-refractivity contribution in [2.24, 2.45) is 0 Å². The summed E-state index contributed by atoms with van der Waals surface area (Å²) in [5.41, 5.74) is 1.43. The van der Waals surface area contributed by atoms with Gasteiger partial charge >= 0.3 is 0 Å². The van der Waals surface area contributed by atoms with Gasteiger partial charge in [-0.15, -0.1) is 11.8 Å². The molecule has 0 aliphatic carbocycles. The van der Waals surface area contributed by atoms with Crippen LogP contribution in [0.5, 0.6) is 0 Å². The van der Waals surface area contributed by atoms with E-state index in [1.54, 1.807) is 36.0 Å². The van der Waals surface area contributed by atoms with Crippen LogP contribution < -0.4 is 0 Å². The van der Waals surface area contributed by atoms with Crippen molar-refractivity contribution < 1.29 is 4.79 Å². The summed E-state index contributed by atoms with van der Waals surface area (Å²) in [6.45, 7) is 0. The van der Waals surface area contributed by atoms with Gasteiger partial charge in [-0.25, -0.2) is 0 Å². The van der Waals surface area contributed by atoms with Gasteiger partial charge in [0.2, 0.25) is 0 Å². The zero-order valence-corrected chi connectivity index (χ0v) is 13.1. The normalized spacial score (nSPS) is 10.9. The summed E-state index contributed by atoms with van der Waals surface area (Å²) in [5, 5.41) is 1.10. The molecule has 20 heavy (non-hydrogen) atoms. The van der Waals surface area contributed by atoms with Crippen LogP contribution in [0.2, 0.25) is 10.0 Å². The Morgan fingerprint density at radius 2 is 1.80 bits per heavy atom.